The molecule has 82 valence electrons. The Bertz CT molecular complexity index is 437. The summed E-state index contributed by atoms with van der Waals surface area (Å²) in [7, 11) is 0. The monoisotopic (exact) mass is 217 g/mol. The second-order valence-corrected chi connectivity index (χ2v) is 3.46. The highest BCUT2D eigenvalue weighted by molar-refractivity contribution is 5.93. The van der Waals surface area contributed by atoms with Gasteiger partial charge in [-0.2, -0.15) is 0 Å². The van der Waals surface area contributed by atoms with Crippen LogP contribution in [-0.4, -0.2) is 11.9 Å². The van der Waals surface area contributed by atoms with Gasteiger partial charge in [-0.25, -0.2) is 4.79 Å². The van der Waals surface area contributed by atoms with Crippen LogP contribution in [0.15, 0.2) is 42.1 Å². The number of benzene rings is 1. The lowest BCUT2D eigenvalue weighted by atomic mass is 10.3. The van der Waals surface area contributed by atoms with Crippen molar-refractivity contribution >= 4 is 11.9 Å². The van der Waals surface area contributed by atoms with Gasteiger partial charge in [-0.3, -0.25) is 10.1 Å². The van der Waals surface area contributed by atoms with Gasteiger partial charge in [-0.1, -0.05) is 18.2 Å². The number of para-hydroxylation sites is 1. The molecule has 4 nitrogen and oxygen atoms in total. The topological polar surface area (TPSA) is 55.4 Å². The fourth-order valence-electron chi connectivity index (χ4n) is 1.45. The van der Waals surface area contributed by atoms with Gasteiger partial charge >= 0.3 is 6.09 Å². The standard InChI is InChI=1S/C12H11NO3/c14-10-7-6-9(8-10)13-12(15)16-11-4-2-1-3-5-11/h1-5,8H,6-7H2,(H,13,15). The van der Waals surface area contributed by atoms with E-state index >= 15 is 0 Å². The van der Waals surface area contributed by atoms with Crippen molar-refractivity contribution in [2.45, 2.75) is 12.8 Å². The molecule has 0 fully saturated rings. The second-order valence-electron chi connectivity index (χ2n) is 3.46. The van der Waals surface area contributed by atoms with Gasteiger partial charge in [0.2, 0.25) is 0 Å². The van der Waals surface area contributed by atoms with E-state index in [1.165, 1.54) is 6.08 Å². The molecule has 1 aliphatic carbocycles. The van der Waals surface area contributed by atoms with Crippen molar-refractivity contribution in [3.63, 3.8) is 0 Å². The zero-order valence-corrected chi connectivity index (χ0v) is 8.60. The van der Waals surface area contributed by atoms with Gasteiger partial charge in [-0.05, 0) is 18.6 Å². The van der Waals surface area contributed by atoms with Crippen molar-refractivity contribution in [2.75, 3.05) is 0 Å². The quantitative estimate of drug-likeness (QED) is 0.824. The van der Waals surface area contributed by atoms with E-state index < -0.39 is 6.09 Å². The van der Waals surface area contributed by atoms with Gasteiger partial charge in [0.25, 0.3) is 0 Å². The van der Waals surface area contributed by atoms with Crippen LogP contribution in [0.4, 0.5) is 4.79 Å². The van der Waals surface area contributed by atoms with E-state index in [9.17, 15) is 9.59 Å². The zero-order valence-electron chi connectivity index (χ0n) is 8.60. The van der Waals surface area contributed by atoms with E-state index in [0.29, 0.717) is 24.3 Å². The molecule has 0 unspecified atom stereocenters. The molecule has 0 radical (unpaired) electrons. The number of ketones is 1. The maximum absolute atomic E-state index is 11.4. The molecule has 0 heterocycles. The van der Waals surface area contributed by atoms with Crippen molar-refractivity contribution < 1.29 is 14.3 Å². The number of carbonyl (C=O) groups excluding carboxylic acids is 2. The predicted molar refractivity (Wildman–Crippen MR) is 57.9 cm³/mol. The summed E-state index contributed by atoms with van der Waals surface area (Å²) < 4.78 is 5.01. The molecule has 0 saturated heterocycles. The first kappa shape index (κ1) is 10.4. The molecule has 4 heteroatoms. The Labute approximate surface area is 92.9 Å². The Morgan fingerprint density at radius 2 is 1.94 bits per heavy atom. The molecule has 1 aromatic carbocycles. The molecule has 2 rings (SSSR count). The van der Waals surface area contributed by atoms with E-state index in [1.807, 2.05) is 6.07 Å². The average molecular weight is 217 g/mol. The van der Waals surface area contributed by atoms with E-state index in [4.69, 9.17) is 4.74 Å². The molecule has 0 saturated carbocycles. The molecular weight excluding hydrogens is 206 g/mol. The summed E-state index contributed by atoms with van der Waals surface area (Å²) in [6.45, 7) is 0. The van der Waals surface area contributed by atoms with Gasteiger partial charge in [0.15, 0.2) is 5.78 Å². The third kappa shape index (κ3) is 2.70. The second kappa shape index (κ2) is 4.61. The molecule has 16 heavy (non-hydrogen) atoms. The van der Waals surface area contributed by atoms with Crippen LogP contribution in [0.25, 0.3) is 0 Å². The Morgan fingerprint density at radius 1 is 1.19 bits per heavy atom. The van der Waals surface area contributed by atoms with Crippen molar-refractivity contribution in [1.29, 1.82) is 0 Å². The minimum Gasteiger partial charge on any atom is -0.410 e. The highest BCUT2D eigenvalue weighted by Crippen LogP contribution is 2.13. The zero-order chi connectivity index (χ0) is 11.4. The number of hydrogen-bond acceptors (Lipinski definition) is 3. The first-order valence-electron chi connectivity index (χ1n) is 5.01. The lowest BCUT2D eigenvalue weighted by molar-refractivity contribution is -0.114. The Hall–Kier alpha value is -2.10. The van der Waals surface area contributed by atoms with Gasteiger partial charge in [0.1, 0.15) is 5.75 Å². The summed E-state index contributed by atoms with van der Waals surface area (Å²) in [4.78, 5) is 22.3. The van der Waals surface area contributed by atoms with Crippen LogP contribution in [0.1, 0.15) is 12.8 Å². The van der Waals surface area contributed by atoms with Crippen LogP contribution in [-0.2, 0) is 4.79 Å². The van der Waals surface area contributed by atoms with Crippen LogP contribution in [0.3, 0.4) is 0 Å². The fraction of sp³-hybridized carbons (Fsp3) is 0.167. The van der Waals surface area contributed by atoms with Crippen molar-refractivity contribution in [3.8, 4) is 5.75 Å². The number of carbonyl (C=O) groups is 2. The molecular formula is C12H11NO3. The predicted octanol–water partition coefficient (Wildman–Crippen LogP) is 2.02. The number of rotatable bonds is 2. The van der Waals surface area contributed by atoms with Gasteiger partial charge in [0, 0.05) is 18.2 Å². The van der Waals surface area contributed by atoms with Gasteiger partial charge in [-0.15, -0.1) is 0 Å². The molecule has 1 aliphatic rings. The number of amides is 1. The molecule has 0 bridgehead atoms. The highest BCUT2D eigenvalue weighted by Gasteiger charge is 2.14. The third-order valence-electron chi connectivity index (χ3n) is 2.19. The van der Waals surface area contributed by atoms with Crippen LogP contribution >= 0.6 is 0 Å². The summed E-state index contributed by atoms with van der Waals surface area (Å²) >= 11 is 0. The Morgan fingerprint density at radius 3 is 2.56 bits per heavy atom. The minimum absolute atomic E-state index is 0.0370. The molecule has 1 aromatic rings. The fourth-order valence-corrected chi connectivity index (χ4v) is 1.45. The van der Waals surface area contributed by atoms with Crippen LogP contribution in [0, 0.1) is 0 Å². The summed E-state index contributed by atoms with van der Waals surface area (Å²) in [5.74, 6) is 0.514. The first-order valence-corrected chi connectivity index (χ1v) is 5.01. The van der Waals surface area contributed by atoms with Gasteiger partial charge < -0.3 is 4.74 Å². The summed E-state index contributed by atoms with van der Waals surface area (Å²) in [6.07, 6.45) is 1.91. The smallest absolute Gasteiger partial charge is 0.410 e. The molecule has 0 atom stereocenters. The lowest BCUT2D eigenvalue weighted by Gasteiger charge is -2.06. The number of ether oxygens (including phenoxy) is 1. The average Bonchev–Trinajstić information content (AvgIpc) is 2.65. The van der Waals surface area contributed by atoms with Crippen molar-refractivity contribution in [2.24, 2.45) is 0 Å². The van der Waals surface area contributed by atoms with Crippen LogP contribution < -0.4 is 10.1 Å². The lowest BCUT2D eigenvalue weighted by Crippen LogP contribution is -2.25. The van der Waals surface area contributed by atoms with Crippen molar-refractivity contribution in [1.82, 2.24) is 5.32 Å². The van der Waals surface area contributed by atoms with E-state index in [0.717, 1.165) is 0 Å². The molecule has 0 aromatic heterocycles. The molecule has 1 amide bonds. The molecule has 0 aliphatic heterocycles. The maximum Gasteiger partial charge on any atom is 0.416 e. The van der Waals surface area contributed by atoms with E-state index in [-0.39, 0.29) is 5.78 Å². The van der Waals surface area contributed by atoms with E-state index in [2.05, 4.69) is 5.32 Å². The summed E-state index contributed by atoms with van der Waals surface area (Å²) in [6, 6.07) is 8.77. The minimum atomic E-state index is -0.563. The SMILES string of the molecule is O=C1C=C(NC(=O)Oc2ccccc2)CC1. The normalized spacial score (nSPS) is 14.5. The first-order chi connectivity index (χ1) is 7.74. The van der Waals surface area contributed by atoms with Crippen LogP contribution in [0.5, 0.6) is 5.75 Å². The van der Waals surface area contributed by atoms with Crippen LogP contribution in [0.2, 0.25) is 0 Å². The molecule has 1 N–H and O–H groups in total. The Kier molecular flexibility index (Phi) is 3.00. The third-order valence-corrected chi connectivity index (χ3v) is 2.19. The number of allylic oxidation sites excluding steroid dienone is 2. The summed E-state index contributed by atoms with van der Waals surface area (Å²) in [5, 5.41) is 2.54. The number of nitrogens with one attached hydrogen (secondary N) is 1. The summed E-state index contributed by atoms with van der Waals surface area (Å²) in [5.41, 5.74) is 0.617. The highest BCUT2D eigenvalue weighted by atomic mass is 16.6. The number of hydrogen-bond donors (Lipinski definition) is 1. The van der Waals surface area contributed by atoms with Gasteiger partial charge in [0.05, 0.1) is 0 Å². The van der Waals surface area contributed by atoms with E-state index in [1.54, 1.807) is 24.3 Å². The maximum atomic E-state index is 11.4. The Balaban J connectivity index is 1.90. The largest absolute Gasteiger partial charge is 0.416 e. The molecule has 0 spiro atoms. The van der Waals surface area contributed by atoms with Crippen molar-refractivity contribution in [3.05, 3.63) is 42.1 Å².